The van der Waals surface area contributed by atoms with Crippen molar-refractivity contribution >= 4 is 17.6 Å². The predicted molar refractivity (Wildman–Crippen MR) is 153 cm³/mol. The third-order valence-corrected chi connectivity index (χ3v) is 7.86. The lowest BCUT2D eigenvalue weighted by molar-refractivity contribution is -0.0396. The first-order valence-electron chi connectivity index (χ1n) is 14.2. The van der Waals surface area contributed by atoms with E-state index < -0.39 is 24.3 Å². The number of halogens is 1. The van der Waals surface area contributed by atoms with Crippen LogP contribution in [0.4, 0.5) is 4.79 Å². The number of carbonyl (C=O) groups excluding carboxylic acids is 1. The molecular formula is C31H45ClN2O4. The highest BCUT2D eigenvalue weighted by Crippen LogP contribution is 2.28. The molecule has 0 saturated carbocycles. The molecule has 3 rings (SSSR count). The molecule has 7 heteroatoms. The van der Waals surface area contributed by atoms with E-state index in [-0.39, 0.29) is 12.6 Å². The molecule has 0 unspecified atom stereocenters. The second-order valence-electron chi connectivity index (χ2n) is 10.4. The van der Waals surface area contributed by atoms with Gasteiger partial charge in [0, 0.05) is 25.6 Å². The molecular weight excluding hydrogens is 500 g/mol. The zero-order valence-corrected chi connectivity index (χ0v) is 23.3. The lowest BCUT2D eigenvalue weighted by Crippen LogP contribution is -2.51. The minimum absolute atomic E-state index is 0.109. The van der Waals surface area contributed by atoms with Crippen molar-refractivity contribution in [3.63, 3.8) is 0 Å². The SMILES string of the molecule is O=C1N(CCCCCCO)[C@H](Cc2ccccc2)[C@H](O)[C@@H](O)[C@@H](Cc2ccccc2)N1CCCCCCCl. The quantitative estimate of drug-likeness (QED) is 0.205. The number of hydrogen-bond donors (Lipinski definition) is 3. The number of aliphatic hydroxyl groups is 3. The lowest BCUT2D eigenvalue weighted by Gasteiger charge is -2.36. The third-order valence-electron chi connectivity index (χ3n) is 7.60. The van der Waals surface area contributed by atoms with Gasteiger partial charge in [-0.25, -0.2) is 4.79 Å². The molecule has 1 aliphatic rings. The molecule has 0 aromatic heterocycles. The summed E-state index contributed by atoms with van der Waals surface area (Å²) in [5, 5.41) is 32.3. The fourth-order valence-electron chi connectivity index (χ4n) is 5.45. The Hall–Kier alpha value is -2.12. The molecule has 0 spiro atoms. The topological polar surface area (TPSA) is 84.2 Å². The first kappa shape index (κ1) is 30.4. The maximum atomic E-state index is 14.2. The van der Waals surface area contributed by atoms with Crippen molar-refractivity contribution in [2.45, 2.75) is 88.5 Å². The number of aliphatic hydroxyl groups excluding tert-OH is 3. The Morgan fingerprint density at radius 2 is 1.05 bits per heavy atom. The summed E-state index contributed by atoms with van der Waals surface area (Å²) in [6.45, 7) is 1.21. The molecule has 2 aromatic rings. The highest BCUT2D eigenvalue weighted by atomic mass is 35.5. The maximum Gasteiger partial charge on any atom is 0.320 e. The average molecular weight is 545 g/mol. The van der Waals surface area contributed by atoms with E-state index >= 15 is 0 Å². The Kier molecular flexibility index (Phi) is 13.4. The first-order chi connectivity index (χ1) is 18.6. The zero-order valence-electron chi connectivity index (χ0n) is 22.5. The molecule has 1 aliphatic heterocycles. The van der Waals surface area contributed by atoms with Crippen LogP contribution in [-0.2, 0) is 12.8 Å². The number of benzene rings is 2. The summed E-state index contributed by atoms with van der Waals surface area (Å²) in [7, 11) is 0. The fraction of sp³-hybridized carbons (Fsp3) is 0.581. The van der Waals surface area contributed by atoms with Crippen LogP contribution in [0.2, 0.25) is 0 Å². The molecule has 4 atom stereocenters. The summed E-state index contributed by atoms with van der Waals surface area (Å²) in [6.07, 6.45) is 5.87. The number of alkyl halides is 1. The Bertz CT molecular complexity index is 843. The Labute approximate surface area is 233 Å². The van der Waals surface area contributed by atoms with Gasteiger partial charge >= 0.3 is 6.03 Å². The van der Waals surface area contributed by atoms with Gasteiger partial charge in [-0.2, -0.15) is 0 Å². The van der Waals surface area contributed by atoms with E-state index in [9.17, 15) is 15.0 Å². The summed E-state index contributed by atoms with van der Waals surface area (Å²) in [4.78, 5) is 17.9. The van der Waals surface area contributed by atoms with Gasteiger partial charge < -0.3 is 25.1 Å². The zero-order chi connectivity index (χ0) is 27.2. The van der Waals surface area contributed by atoms with Crippen LogP contribution in [0.25, 0.3) is 0 Å². The number of carbonyl (C=O) groups is 1. The van der Waals surface area contributed by atoms with Crippen LogP contribution >= 0.6 is 11.6 Å². The summed E-state index contributed by atoms with van der Waals surface area (Å²) in [5.74, 6) is 0.634. The second kappa shape index (κ2) is 16.8. The van der Waals surface area contributed by atoms with Gasteiger partial charge in [0.2, 0.25) is 0 Å². The van der Waals surface area contributed by atoms with Gasteiger partial charge in [0.1, 0.15) is 12.2 Å². The van der Waals surface area contributed by atoms with E-state index in [1.54, 1.807) is 0 Å². The Morgan fingerprint density at radius 3 is 1.47 bits per heavy atom. The average Bonchev–Trinajstić information content (AvgIpc) is 3.00. The predicted octanol–water partition coefficient (Wildman–Crippen LogP) is 5.02. The second-order valence-corrected chi connectivity index (χ2v) is 10.8. The van der Waals surface area contributed by atoms with Crippen LogP contribution < -0.4 is 0 Å². The first-order valence-corrected chi connectivity index (χ1v) is 14.8. The summed E-state index contributed by atoms with van der Waals surface area (Å²) in [6, 6.07) is 18.6. The van der Waals surface area contributed by atoms with Crippen LogP contribution in [0.15, 0.2) is 60.7 Å². The smallest absolute Gasteiger partial charge is 0.320 e. The number of rotatable bonds is 16. The van der Waals surface area contributed by atoms with Crippen molar-refractivity contribution in [2.75, 3.05) is 25.6 Å². The highest BCUT2D eigenvalue weighted by molar-refractivity contribution is 6.17. The molecule has 2 amide bonds. The summed E-state index contributed by atoms with van der Waals surface area (Å²) < 4.78 is 0. The molecule has 2 aromatic carbocycles. The number of hydrogen-bond acceptors (Lipinski definition) is 4. The number of amides is 2. The van der Waals surface area contributed by atoms with Crippen LogP contribution in [-0.4, -0.2) is 81.0 Å². The minimum Gasteiger partial charge on any atom is -0.396 e. The Balaban J connectivity index is 1.90. The van der Waals surface area contributed by atoms with Gasteiger partial charge in [-0.3, -0.25) is 0 Å². The van der Waals surface area contributed by atoms with Crippen molar-refractivity contribution in [3.05, 3.63) is 71.8 Å². The standard InChI is InChI=1S/C31H45ClN2O4/c32-19-11-1-2-12-20-33-27(23-25-15-7-5-8-16-25)29(36)30(37)28(24-26-17-9-6-10-18-26)34(31(33)38)21-13-3-4-14-22-35/h5-10,15-18,27-30,35-37H,1-4,11-14,19-24H2/t27-,28-,29+,30+/m1/s1. The molecule has 210 valence electrons. The van der Waals surface area contributed by atoms with Crippen LogP contribution in [0.5, 0.6) is 0 Å². The molecule has 1 fully saturated rings. The van der Waals surface area contributed by atoms with Crippen molar-refractivity contribution in [1.29, 1.82) is 0 Å². The normalized spacial score (nSPS) is 22.1. The van der Waals surface area contributed by atoms with Gasteiger partial charge in [0.15, 0.2) is 0 Å². The van der Waals surface area contributed by atoms with E-state index in [0.717, 1.165) is 62.5 Å². The van der Waals surface area contributed by atoms with E-state index in [4.69, 9.17) is 16.7 Å². The van der Waals surface area contributed by atoms with Gasteiger partial charge in [-0.1, -0.05) is 86.3 Å². The van der Waals surface area contributed by atoms with Crippen LogP contribution in [0, 0.1) is 0 Å². The lowest BCUT2D eigenvalue weighted by atomic mass is 9.91. The van der Waals surface area contributed by atoms with Gasteiger partial charge in [-0.15, -0.1) is 11.6 Å². The number of urea groups is 1. The molecule has 0 radical (unpaired) electrons. The van der Waals surface area contributed by atoms with Gasteiger partial charge in [0.25, 0.3) is 0 Å². The van der Waals surface area contributed by atoms with Crippen molar-refractivity contribution < 1.29 is 20.1 Å². The summed E-state index contributed by atoms with van der Waals surface area (Å²) >= 11 is 5.86. The van der Waals surface area contributed by atoms with E-state index in [0.29, 0.717) is 31.8 Å². The van der Waals surface area contributed by atoms with Crippen molar-refractivity contribution in [2.24, 2.45) is 0 Å². The molecule has 1 saturated heterocycles. The molecule has 0 bridgehead atoms. The summed E-state index contributed by atoms with van der Waals surface area (Å²) in [5.41, 5.74) is 2.05. The van der Waals surface area contributed by atoms with Crippen molar-refractivity contribution in [3.8, 4) is 0 Å². The highest BCUT2D eigenvalue weighted by Gasteiger charge is 2.45. The molecule has 1 heterocycles. The van der Waals surface area contributed by atoms with Crippen LogP contribution in [0.1, 0.15) is 62.5 Å². The Morgan fingerprint density at radius 1 is 0.632 bits per heavy atom. The van der Waals surface area contributed by atoms with E-state index in [1.165, 1.54) is 0 Å². The monoisotopic (exact) mass is 544 g/mol. The largest absolute Gasteiger partial charge is 0.396 e. The third kappa shape index (κ3) is 8.98. The number of nitrogens with zero attached hydrogens (tertiary/aromatic N) is 2. The minimum atomic E-state index is -1.08. The molecule has 6 nitrogen and oxygen atoms in total. The van der Waals surface area contributed by atoms with E-state index in [2.05, 4.69) is 0 Å². The van der Waals surface area contributed by atoms with E-state index in [1.807, 2.05) is 70.5 Å². The molecule has 0 aliphatic carbocycles. The van der Waals surface area contributed by atoms with Gasteiger partial charge in [0.05, 0.1) is 12.1 Å². The fourth-order valence-corrected chi connectivity index (χ4v) is 5.64. The maximum absolute atomic E-state index is 14.2. The van der Waals surface area contributed by atoms with Crippen molar-refractivity contribution in [1.82, 2.24) is 9.80 Å². The molecule has 3 N–H and O–H groups in total. The number of unbranched alkanes of at least 4 members (excludes halogenated alkanes) is 6. The van der Waals surface area contributed by atoms with Crippen LogP contribution in [0.3, 0.4) is 0 Å². The molecule has 38 heavy (non-hydrogen) atoms. The van der Waals surface area contributed by atoms with Gasteiger partial charge in [-0.05, 0) is 49.7 Å².